The molecule has 3 heterocycles. The smallest absolute Gasteiger partial charge is 0.219 e. The largest absolute Gasteiger partial charge is 0.335 e. The Morgan fingerprint density at radius 2 is 1.80 bits per heavy atom. The van der Waals surface area contributed by atoms with E-state index < -0.39 is 0 Å². The minimum absolute atomic E-state index is 0.231. The minimum atomic E-state index is 0.231. The summed E-state index contributed by atoms with van der Waals surface area (Å²) >= 11 is 4.23. The van der Waals surface area contributed by atoms with E-state index in [1.54, 1.807) is 6.92 Å². The zero-order valence-corrected chi connectivity index (χ0v) is 16.8. The summed E-state index contributed by atoms with van der Waals surface area (Å²) in [5.74, 6) is 6.60. The van der Waals surface area contributed by atoms with Gasteiger partial charge < -0.3 is 4.90 Å². The Kier molecular flexibility index (Phi) is 5.35. The number of thioether (sulfide) groups is 2. The maximum Gasteiger partial charge on any atom is 0.219 e. The van der Waals surface area contributed by atoms with Gasteiger partial charge in [-0.2, -0.15) is 23.5 Å². The fourth-order valence-electron chi connectivity index (χ4n) is 4.83. The van der Waals surface area contributed by atoms with Crippen LogP contribution >= 0.6 is 23.5 Å². The summed E-state index contributed by atoms with van der Waals surface area (Å²) in [4.78, 5) is 17.2. The third-order valence-corrected chi connectivity index (χ3v) is 8.60. The molecule has 1 aromatic rings. The molecule has 5 heteroatoms. The third-order valence-electron chi connectivity index (χ3n) is 6.11. The van der Waals surface area contributed by atoms with Crippen LogP contribution in [0.4, 0.5) is 0 Å². The number of aryl methyl sites for hydroxylation is 1. The Balaban J connectivity index is 1.57. The molecule has 3 fully saturated rings. The molecule has 4 rings (SSSR count). The van der Waals surface area contributed by atoms with E-state index in [2.05, 4.69) is 64.5 Å². The summed E-state index contributed by atoms with van der Waals surface area (Å²) in [6.07, 6.45) is 0. The average molecular weight is 377 g/mol. The van der Waals surface area contributed by atoms with E-state index in [9.17, 15) is 4.79 Å². The second-order valence-corrected chi connectivity index (χ2v) is 9.95. The second kappa shape index (κ2) is 7.53. The lowest BCUT2D eigenvalue weighted by Gasteiger charge is -2.32. The van der Waals surface area contributed by atoms with Crippen LogP contribution in [-0.2, 0) is 4.79 Å². The van der Waals surface area contributed by atoms with Crippen molar-refractivity contribution < 1.29 is 4.79 Å². The minimum Gasteiger partial charge on any atom is -0.335 e. The molecule has 0 bridgehead atoms. The summed E-state index contributed by atoms with van der Waals surface area (Å²) in [5.41, 5.74) is 2.68. The fraction of sp³-hybridized carbons (Fsp3) is 0.650. The van der Waals surface area contributed by atoms with Gasteiger partial charge in [0, 0.05) is 61.5 Å². The molecular weight excluding hydrogens is 348 g/mol. The van der Waals surface area contributed by atoms with E-state index >= 15 is 0 Å². The first kappa shape index (κ1) is 17.7. The highest BCUT2D eigenvalue weighted by Crippen LogP contribution is 2.46. The monoisotopic (exact) mass is 376 g/mol. The summed E-state index contributed by atoms with van der Waals surface area (Å²) < 4.78 is 0. The predicted molar refractivity (Wildman–Crippen MR) is 108 cm³/mol. The normalized spacial score (nSPS) is 31.1. The second-order valence-electron chi connectivity index (χ2n) is 7.65. The van der Waals surface area contributed by atoms with Crippen LogP contribution in [0.5, 0.6) is 0 Å². The van der Waals surface area contributed by atoms with Gasteiger partial charge >= 0.3 is 0 Å². The molecule has 0 aliphatic carbocycles. The molecule has 0 aromatic heterocycles. The summed E-state index contributed by atoms with van der Waals surface area (Å²) in [6, 6.07) is 9.62. The third kappa shape index (κ3) is 3.47. The van der Waals surface area contributed by atoms with Gasteiger partial charge in [0.1, 0.15) is 0 Å². The molecule has 1 aromatic carbocycles. The Morgan fingerprint density at radius 3 is 2.48 bits per heavy atom. The van der Waals surface area contributed by atoms with Crippen LogP contribution in [0.15, 0.2) is 24.3 Å². The Morgan fingerprint density at radius 1 is 1.08 bits per heavy atom. The van der Waals surface area contributed by atoms with E-state index in [-0.39, 0.29) is 11.9 Å². The maximum atomic E-state index is 12.3. The summed E-state index contributed by atoms with van der Waals surface area (Å²) in [5, 5.41) is 0. The molecule has 3 aliphatic heterocycles. The number of carbonyl (C=O) groups is 1. The summed E-state index contributed by atoms with van der Waals surface area (Å²) in [6.45, 7) is 7.18. The first-order chi connectivity index (χ1) is 12.1. The molecule has 3 nitrogen and oxygen atoms in total. The number of hydrogen-bond acceptors (Lipinski definition) is 4. The van der Waals surface area contributed by atoms with Crippen molar-refractivity contribution in [1.29, 1.82) is 0 Å². The lowest BCUT2D eigenvalue weighted by Crippen LogP contribution is -2.40. The van der Waals surface area contributed by atoms with Crippen molar-refractivity contribution in [3.63, 3.8) is 0 Å². The number of amides is 1. The number of carbonyl (C=O) groups excluding carboxylic acids is 1. The number of likely N-dealkylation sites (tertiary alicyclic amines) is 2. The zero-order chi connectivity index (χ0) is 17.4. The Bertz CT molecular complexity index is 630. The van der Waals surface area contributed by atoms with Crippen LogP contribution in [-0.4, -0.2) is 64.4 Å². The first-order valence-electron chi connectivity index (χ1n) is 9.37. The van der Waals surface area contributed by atoms with Crippen molar-refractivity contribution in [2.75, 3.05) is 42.6 Å². The van der Waals surface area contributed by atoms with Crippen LogP contribution in [0, 0.1) is 18.8 Å². The van der Waals surface area contributed by atoms with Crippen molar-refractivity contribution in [2.24, 2.45) is 11.8 Å². The number of nitrogens with zero attached hydrogens (tertiary/aromatic N) is 2. The van der Waals surface area contributed by atoms with Gasteiger partial charge in [0.05, 0.1) is 6.04 Å². The van der Waals surface area contributed by atoms with Crippen molar-refractivity contribution >= 4 is 29.4 Å². The van der Waals surface area contributed by atoms with E-state index in [0.717, 1.165) is 13.1 Å². The van der Waals surface area contributed by atoms with Crippen LogP contribution in [0.2, 0.25) is 0 Å². The van der Waals surface area contributed by atoms with Crippen molar-refractivity contribution in [3.05, 3.63) is 35.4 Å². The van der Waals surface area contributed by atoms with E-state index in [4.69, 9.17) is 0 Å². The highest BCUT2D eigenvalue weighted by molar-refractivity contribution is 8.03. The molecule has 25 heavy (non-hydrogen) atoms. The Hall–Kier alpha value is -0.650. The molecule has 0 radical (unpaired) electrons. The van der Waals surface area contributed by atoms with Crippen molar-refractivity contribution in [3.8, 4) is 0 Å². The van der Waals surface area contributed by atoms with Gasteiger partial charge in [0.2, 0.25) is 5.91 Å². The highest BCUT2D eigenvalue weighted by atomic mass is 32.2. The lowest BCUT2D eigenvalue weighted by molar-refractivity contribution is -0.130. The Labute approximate surface area is 159 Å². The van der Waals surface area contributed by atoms with Gasteiger partial charge in [-0.1, -0.05) is 24.3 Å². The van der Waals surface area contributed by atoms with Crippen LogP contribution < -0.4 is 0 Å². The van der Waals surface area contributed by atoms with Gasteiger partial charge in [-0.3, -0.25) is 9.69 Å². The van der Waals surface area contributed by atoms with Gasteiger partial charge in [-0.25, -0.2) is 0 Å². The zero-order valence-electron chi connectivity index (χ0n) is 15.2. The van der Waals surface area contributed by atoms with Crippen molar-refractivity contribution in [1.82, 2.24) is 9.80 Å². The molecule has 3 aliphatic rings. The lowest BCUT2D eigenvalue weighted by atomic mass is 9.87. The van der Waals surface area contributed by atoms with Crippen LogP contribution in [0.1, 0.15) is 24.1 Å². The highest BCUT2D eigenvalue weighted by Gasteiger charge is 2.49. The molecule has 0 saturated carbocycles. The van der Waals surface area contributed by atoms with E-state index in [1.807, 2.05) is 0 Å². The van der Waals surface area contributed by atoms with E-state index in [1.165, 1.54) is 40.7 Å². The molecule has 136 valence electrons. The topological polar surface area (TPSA) is 23.6 Å². The number of benzene rings is 1. The standard InChI is InChI=1S/C20H28N2OS2/c1-14-5-3-4-6-18(14)20-19-11-21(17-12-24-7-8-25-13-17)9-16(19)10-22(20)15(2)23/h3-6,16-17,19-20H,7-13H2,1-2H3/t16-,19-,20-/m1/s1. The molecule has 0 N–H and O–H groups in total. The summed E-state index contributed by atoms with van der Waals surface area (Å²) in [7, 11) is 0. The molecular formula is C20H28N2OS2. The van der Waals surface area contributed by atoms with Gasteiger partial charge in [0.25, 0.3) is 0 Å². The molecule has 3 atom stereocenters. The number of rotatable bonds is 2. The van der Waals surface area contributed by atoms with E-state index in [0.29, 0.717) is 17.9 Å². The maximum absolute atomic E-state index is 12.3. The van der Waals surface area contributed by atoms with Crippen LogP contribution in [0.25, 0.3) is 0 Å². The van der Waals surface area contributed by atoms with Gasteiger partial charge in [0.15, 0.2) is 0 Å². The molecule has 1 amide bonds. The van der Waals surface area contributed by atoms with Crippen molar-refractivity contribution in [2.45, 2.75) is 25.9 Å². The molecule has 0 unspecified atom stereocenters. The average Bonchev–Trinajstić information content (AvgIpc) is 3.02. The first-order valence-corrected chi connectivity index (χ1v) is 11.7. The predicted octanol–water partition coefficient (Wildman–Crippen LogP) is 3.29. The fourth-order valence-corrected chi connectivity index (χ4v) is 7.46. The van der Waals surface area contributed by atoms with Gasteiger partial charge in [-0.05, 0) is 24.0 Å². The number of hydrogen-bond donors (Lipinski definition) is 0. The SMILES string of the molecule is CC(=O)N1C[C@H]2CN(C3CSCCSC3)C[C@H]2[C@H]1c1ccccc1C. The molecule has 3 saturated heterocycles. The number of fused-ring (bicyclic) bond motifs is 1. The quantitative estimate of drug-likeness (QED) is 0.790. The molecule has 0 spiro atoms. The van der Waals surface area contributed by atoms with Crippen LogP contribution in [0.3, 0.4) is 0 Å². The van der Waals surface area contributed by atoms with Gasteiger partial charge in [-0.15, -0.1) is 0 Å².